The Bertz CT molecular complexity index is 749. The number of rotatable bonds is 5. The molecule has 0 saturated carbocycles. The minimum atomic E-state index is -0.876. The number of tetrazole rings is 1. The van der Waals surface area contributed by atoms with E-state index in [0.717, 1.165) is 0 Å². The van der Waals surface area contributed by atoms with Crippen molar-refractivity contribution in [3.05, 3.63) is 35.7 Å². The Hall–Kier alpha value is -2.81. The Kier molecular flexibility index (Phi) is 5.48. The largest absolute Gasteiger partial charge is 0.465 e. The Morgan fingerprint density at radius 1 is 1.24 bits per heavy atom. The van der Waals surface area contributed by atoms with Gasteiger partial charge in [-0.15, -0.1) is 15.0 Å². The van der Waals surface area contributed by atoms with Crippen LogP contribution < -0.4 is 5.73 Å². The van der Waals surface area contributed by atoms with Crippen LogP contribution in [-0.4, -0.2) is 50.9 Å². The number of carbonyl (C=O) groups is 2. The first-order chi connectivity index (χ1) is 11.7. The summed E-state index contributed by atoms with van der Waals surface area (Å²) >= 11 is 0. The van der Waals surface area contributed by atoms with E-state index in [9.17, 15) is 9.59 Å². The van der Waals surface area contributed by atoms with Crippen LogP contribution in [0.4, 0.5) is 0 Å². The smallest absolute Gasteiger partial charge is 0.337 e. The van der Waals surface area contributed by atoms with Crippen LogP contribution >= 0.6 is 0 Å². The molecule has 1 aromatic heterocycles. The van der Waals surface area contributed by atoms with Gasteiger partial charge in [0, 0.05) is 6.42 Å². The molecule has 9 heteroatoms. The van der Waals surface area contributed by atoms with Gasteiger partial charge in [0.25, 0.3) is 0 Å². The van der Waals surface area contributed by atoms with Crippen LogP contribution in [0.1, 0.15) is 37.0 Å². The minimum absolute atomic E-state index is 0.106. The predicted octanol–water partition coefficient (Wildman–Crippen LogP) is 0.660. The van der Waals surface area contributed by atoms with E-state index < -0.39 is 23.6 Å². The van der Waals surface area contributed by atoms with Crippen molar-refractivity contribution >= 4 is 11.9 Å². The molecular weight excluding hydrogens is 326 g/mol. The third-order valence-electron chi connectivity index (χ3n) is 3.09. The number of nitrogens with two attached hydrogens (primary N) is 1. The lowest BCUT2D eigenvalue weighted by molar-refractivity contribution is -0.156. The van der Waals surface area contributed by atoms with Gasteiger partial charge in [-0.1, -0.05) is 0 Å². The number of methoxy groups -OCH3 is 1. The molecule has 2 rings (SSSR count). The van der Waals surface area contributed by atoms with Crippen LogP contribution in [0.3, 0.4) is 0 Å². The topological polar surface area (TPSA) is 122 Å². The van der Waals surface area contributed by atoms with Crippen LogP contribution in [0.25, 0.3) is 5.69 Å². The Labute approximate surface area is 145 Å². The molecule has 0 amide bonds. The third-order valence-corrected chi connectivity index (χ3v) is 3.09. The monoisotopic (exact) mass is 347 g/mol. The average Bonchev–Trinajstić information content (AvgIpc) is 3.01. The summed E-state index contributed by atoms with van der Waals surface area (Å²) in [6.07, 6.45) is 0.106. The summed E-state index contributed by atoms with van der Waals surface area (Å²) in [6.45, 7) is 5.30. The number of hydrogen-bond donors (Lipinski definition) is 1. The summed E-state index contributed by atoms with van der Waals surface area (Å²) in [5.41, 5.74) is 6.24. The van der Waals surface area contributed by atoms with Gasteiger partial charge in [0.15, 0.2) is 5.82 Å². The van der Waals surface area contributed by atoms with Crippen molar-refractivity contribution in [2.45, 2.75) is 38.8 Å². The molecule has 1 atom stereocenters. The fourth-order valence-electron chi connectivity index (χ4n) is 1.94. The molecule has 1 aromatic carbocycles. The summed E-state index contributed by atoms with van der Waals surface area (Å²) in [6, 6.07) is 5.63. The maximum absolute atomic E-state index is 11.9. The molecule has 9 nitrogen and oxygen atoms in total. The number of benzene rings is 1. The zero-order valence-electron chi connectivity index (χ0n) is 14.6. The van der Waals surface area contributed by atoms with E-state index in [2.05, 4.69) is 20.1 Å². The summed E-state index contributed by atoms with van der Waals surface area (Å²) in [7, 11) is 1.31. The summed E-state index contributed by atoms with van der Waals surface area (Å²) < 4.78 is 9.86. The van der Waals surface area contributed by atoms with Gasteiger partial charge in [0.2, 0.25) is 0 Å². The van der Waals surface area contributed by atoms with E-state index in [4.69, 9.17) is 10.5 Å². The Morgan fingerprint density at radius 2 is 1.88 bits per heavy atom. The molecule has 25 heavy (non-hydrogen) atoms. The fourth-order valence-corrected chi connectivity index (χ4v) is 1.94. The van der Waals surface area contributed by atoms with Gasteiger partial charge in [-0.3, -0.25) is 4.79 Å². The van der Waals surface area contributed by atoms with Gasteiger partial charge in [0.05, 0.1) is 18.4 Å². The molecule has 0 unspecified atom stereocenters. The van der Waals surface area contributed by atoms with Crippen molar-refractivity contribution in [1.82, 2.24) is 20.2 Å². The normalized spacial score (nSPS) is 12.5. The molecule has 0 saturated heterocycles. The lowest BCUT2D eigenvalue weighted by atomic mass is 10.1. The molecule has 134 valence electrons. The zero-order chi connectivity index (χ0) is 18.6. The maximum atomic E-state index is 11.9. The van der Waals surface area contributed by atoms with Gasteiger partial charge < -0.3 is 15.2 Å². The second kappa shape index (κ2) is 7.39. The number of esters is 2. The first kappa shape index (κ1) is 18.5. The van der Waals surface area contributed by atoms with E-state index in [1.807, 2.05) is 0 Å². The molecule has 2 N–H and O–H groups in total. The molecule has 0 spiro atoms. The van der Waals surface area contributed by atoms with E-state index in [0.29, 0.717) is 17.1 Å². The molecule has 1 heterocycles. The van der Waals surface area contributed by atoms with Crippen molar-refractivity contribution in [3.63, 3.8) is 0 Å². The van der Waals surface area contributed by atoms with Crippen molar-refractivity contribution < 1.29 is 19.1 Å². The van der Waals surface area contributed by atoms with Crippen LogP contribution in [0.15, 0.2) is 24.3 Å². The standard InChI is InChI=1S/C16H21N5O4/c1-16(2,3)25-15(23)12(17)9-13-18-20-21(19-13)11-7-5-10(6-8-11)14(22)24-4/h5-8,12H,9,17H2,1-4H3/t12-/m0/s1. The summed E-state index contributed by atoms with van der Waals surface area (Å²) in [5, 5.41) is 12.0. The van der Waals surface area contributed by atoms with Gasteiger partial charge in [-0.25, -0.2) is 4.79 Å². The number of hydrogen-bond acceptors (Lipinski definition) is 8. The zero-order valence-corrected chi connectivity index (χ0v) is 14.6. The second-order valence-electron chi connectivity index (χ2n) is 6.38. The highest BCUT2D eigenvalue weighted by Crippen LogP contribution is 2.11. The van der Waals surface area contributed by atoms with Gasteiger partial charge in [-0.2, -0.15) is 0 Å². The molecule has 0 aliphatic heterocycles. The van der Waals surface area contributed by atoms with Gasteiger partial charge in [0.1, 0.15) is 11.6 Å². The van der Waals surface area contributed by atoms with Crippen LogP contribution in [0, 0.1) is 0 Å². The highest BCUT2D eigenvalue weighted by Gasteiger charge is 2.24. The van der Waals surface area contributed by atoms with Crippen molar-refractivity contribution in [3.8, 4) is 5.69 Å². The average molecular weight is 347 g/mol. The Morgan fingerprint density at radius 3 is 2.44 bits per heavy atom. The number of aromatic nitrogens is 4. The molecular formula is C16H21N5O4. The van der Waals surface area contributed by atoms with Crippen LogP contribution in [0.5, 0.6) is 0 Å². The highest BCUT2D eigenvalue weighted by atomic mass is 16.6. The number of nitrogens with zero attached hydrogens (tertiary/aromatic N) is 4. The number of carbonyl (C=O) groups excluding carboxylic acids is 2. The molecule has 0 aliphatic rings. The first-order valence-corrected chi connectivity index (χ1v) is 7.65. The van der Waals surface area contributed by atoms with Crippen molar-refractivity contribution in [2.75, 3.05) is 7.11 Å². The van der Waals surface area contributed by atoms with Crippen LogP contribution in [0.2, 0.25) is 0 Å². The van der Waals surface area contributed by atoms with E-state index in [1.165, 1.54) is 11.9 Å². The first-order valence-electron chi connectivity index (χ1n) is 7.65. The minimum Gasteiger partial charge on any atom is -0.465 e. The van der Waals surface area contributed by atoms with Gasteiger partial charge in [-0.05, 0) is 50.3 Å². The van der Waals surface area contributed by atoms with Crippen molar-refractivity contribution in [1.29, 1.82) is 0 Å². The van der Waals surface area contributed by atoms with E-state index >= 15 is 0 Å². The SMILES string of the molecule is COC(=O)c1ccc(-n2nnc(C[C@H](N)C(=O)OC(C)(C)C)n2)cc1. The molecule has 0 aliphatic carbocycles. The lowest BCUT2D eigenvalue weighted by Gasteiger charge is -2.21. The lowest BCUT2D eigenvalue weighted by Crippen LogP contribution is -2.39. The third kappa shape index (κ3) is 5.08. The van der Waals surface area contributed by atoms with E-state index in [-0.39, 0.29) is 6.42 Å². The maximum Gasteiger partial charge on any atom is 0.337 e. The molecule has 2 aromatic rings. The molecule has 0 fully saturated rings. The summed E-state index contributed by atoms with van der Waals surface area (Å²) in [5.74, 6) is -0.635. The van der Waals surface area contributed by atoms with Crippen molar-refractivity contribution in [2.24, 2.45) is 5.73 Å². The predicted molar refractivity (Wildman–Crippen MR) is 88.0 cm³/mol. The Balaban J connectivity index is 2.04. The fraction of sp³-hybridized carbons (Fsp3) is 0.438. The highest BCUT2D eigenvalue weighted by molar-refractivity contribution is 5.89. The number of ether oxygens (including phenoxy) is 2. The quantitative estimate of drug-likeness (QED) is 0.783. The molecule has 0 bridgehead atoms. The van der Waals surface area contributed by atoms with Crippen LogP contribution in [-0.2, 0) is 20.7 Å². The van der Waals surface area contributed by atoms with Gasteiger partial charge >= 0.3 is 11.9 Å². The van der Waals surface area contributed by atoms with E-state index in [1.54, 1.807) is 45.0 Å². The second-order valence-corrected chi connectivity index (χ2v) is 6.38. The summed E-state index contributed by atoms with van der Waals surface area (Å²) in [4.78, 5) is 24.6. The molecule has 0 radical (unpaired) electrons.